The Bertz CT molecular complexity index is 860. The number of rotatable bonds is 2. The van der Waals surface area contributed by atoms with Crippen LogP contribution in [0.5, 0.6) is 0 Å². The largest absolute Gasteiger partial charge is 0.334 e. The van der Waals surface area contributed by atoms with Crippen LogP contribution < -0.4 is 11.2 Å². The number of aromatic nitrogens is 2. The second-order valence-electron chi connectivity index (χ2n) is 4.73. The normalized spacial score (nSPS) is 10.7. The van der Waals surface area contributed by atoms with Gasteiger partial charge in [0.05, 0.1) is 27.9 Å². The minimum atomic E-state index is -0.680. The van der Waals surface area contributed by atoms with Crippen molar-refractivity contribution in [2.24, 2.45) is 0 Å². The minimum absolute atomic E-state index is 0.0287. The van der Waals surface area contributed by atoms with Crippen LogP contribution in [-0.2, 0) is 0 Å². The maximum absolute atomic E-state index is 12.5. The molecule has 21 heavy (non-hydrogen) atoms. The van der Waals surface area contributed by atoms with Crippen LogP contribution >= 0.6 is 23.2 Å². The molecule has 0 saturated heterocycles. The summed E-state index contributed by atoms with van der Waals surface area (Å²) in [6.07, 6.45) is 0. The summed E-state index contributed by atoms with van der Waals surface area (Å²) in [4.78, 5) is 27.0. The predicted molar refractivity (Wildman–Crippen MR) is 81.5 cm³/mol. The number of nitrogens with zero attached hydrogens (tertiary/aromatic N) is 2. The molecule has 2 rings (SSSR count). The maximum Gasteiger partial charge on any atom is 0.334 e. The van der Waals surface area contributed by atoms with E-state index in [9.17, 15) is 9.59 Å². The molecular weight excluding hydrogens is 313 g/mol. The molecule has 108 valence electrons. The third kappa shape index (κ3) is 2.73. The molecule has 0 aliphatic rings. The van der Waals surface area contributed by atoms with Crippen LogP contribution in [0.15, 0.2) is 27.8 Å². The zero-order chi connectivity index (χ0) is 15.7. The molecule has 0 aliphatic carbocycles. The molecule has 5 nitrogen and oxygen atoms in total. The van der Waals surface area contributed by atoms with E-state index in [1.165, 1.54) is 18.2 Å². The van der Waals surface area contributed by atoms with Crippen LogP contribution in [-0.4, -0.2) is 9.55 Å². The molecule has 0 atom stereocenters. The lowest BCUT2D eigenvalue weighted by Gasteiger charge is -2.12. The van der Waals surface area contributed by atoms with Gasteiger partial charge in [-0.2, -0.15) is 5.26 Å². The fourth-order valence-corrected chi connectivity index (χ4v) is 2.65. The summed E-state index contributed by atoms with van der Waals surface area (Å²) in [6, 6.07) is 6.27. The van der Waals surface area contributed by atoms with Crippen LogP contribution in [0.3, 0.4) is 0 Å². The van der Waals surface area contributed by atoms with Gasteiger partial charge in [-0.25, -0.2) is 9.36 Å². The van der Waals surface area contributed by atoms with Crippen LogP contribution in [0.1, 0.15) is 30.9 Å². The van der Waals surface area contributed by atoms with E-state index in [0.29, 0.717) is 11.1 Å². The van der Waals surface area contributed by atoms with E-state index in [2.05, 4.69) is 4.98 Å². The second-order valence-corrected chi connectivity index (χ2v) is 5.52. The highest BCUT2D eigenvalue weighted by atomic mass is 35.5. The van der Waals surface area contributed by atoms with E-state index in [1.54, 1.807) is 13.8 Å². The maximum atomic E-state index is 12.5. The van der Waals surface area contributed by atoms with Crippen molar-refractivity contribution < 1.29 is 0 Å². The lowest BCUT2D eigenvalue weighted by molar-refractivity contribution is 0.777. The van der Waals surface area contributed by atoms with Crippen LogP contribution in [0.25, 0.3) is 5.69 Å². The standard InChI is InChI=1S/C14H11Cl2N3O2/c1-7(2)11-12(16)18-14(21)19(13(11)20)10-4-3-8(6-17)5-9(10)15/h3-5,7H,1-2H3,(H,18,21). The van der Waals surface area contributed by atoms with Gasteiger partial charge in [-0.1, -0.05) is 37.0 Å². The summed E-state index contributed by atoms with van der Waals surface area (Å²) in [5.74, 6) is -0.162. The summed E-state index contributed by atoms with van der Waals surface area (Å²) in [5, 5.41) is 8.99. The first-order valence-corrected chi connectivity index (χ1v) is 6.87. The lowest BCUT2D eigenvalue weighted by Crippen LogP contribution is -2.36. The van der Waals surface area contributed by atoms with Gasteiger partial charge in [0.2, 0.25) is 0 Å². The molecule has 2 aromatic rings. The van der Waals surface area contributed by atoms with E-state index in [0.717, 1.165) is 4.57 Å². The van der Waals surface area contributed by atoms with Gasteiger partial charge in [-0.3, -0.25) is 9.78 Å². The summed E-state index contributed by atoms with van der Waals surface area (Å²) in [6.45, 7) is 3.59. The van der Waals surface area contributed by atoms with E-state index in [1.807, 2.05) is 6.07 Å². The van der Waals surface area contributed by atoms with Gasteiger partial charge in [0.15, 0.2) is 0 Å². The van der Waals surface area contributed by atoms with Crippen molar-refractivity contribution >= 4 is 23.2 Å². The van der Waals surface area contributed by atoms with Crippen LogP contribution in [0.2, 0.25) is 10.2 Å². The van der Waals surface area contributed by atoms with Crippen LogP contribution in [0, 0.1) is 11.3 Å². The number of hydrogen-bond donors (Lipinski definition) is 1. The highest BCUT2D eigenvalue weighted by Crippen LogP contribution is 2.21. The fourth-order valence-electron chi connectivity index (χ4n) is 2.00. The van der Waals surface area contributed by atoms with E-state index < -0.39 is 11.2 Å². The lowest BCUT2D eigenvalue weighted by atomic mass is 10.1. The van der Waals surface area contributed by atoms with Gasteiger partial charge < -0.3 is 0 Å². The van der Waals surface area contributed by atoms with Crippen LogP contribution in [0.4, 0.5) is 0 Å². The molecule has 0 fully saturated rings. The third-order valence-corrected chi connectivity index (χ3v) is 3.59. The Labute approximate surface area is 130 Å². The molecule has 0 unspecified atom stereocenters. The summed E-state index contributed by atoms with van der Waals surface area (Å²) >= 11 is 12.0. The number of H-pyrrole nitrogens is 1. The van der Waals surface area contributed by atoms with Gasteiger partial charge in [-0.15, -0.1) is 0 Å². The number of hydrogen-bond acceptors (Lipinski definition) is 3. The van der Waals surface area contributed by atoms with Gasteiger partial charge in [0.1, 0.15) is 5.15 Å². The Balaban J connectivity index is 2.83. The molecular formula is C14H11Cl2N3O2. The third-order valence-electron chi connectivity index (χ3n) is 2.98. The minimum Gasteiger partial charge on any atom is -0.297 e. The second kappa shape index (κ2) is 5.76. The molecule has 0 saturated carbocycles. The molecule has 0 spiro atoms. The highest BCUT2D eigenvalue weighted by Gasteiger charge is 2.18. The van der Waals surface area contributed by atoms with Gasteiger partial charge in [-0.05, 0) is 24.1 Å². The first-order chi connectivity index (χ1) is 9.86. The number of benzene rings is 1. The molecule has 0 amide bonds. The fraction of sp³-hybridized carbons (Fsp3) is 0.214. The molecule has 0 radical (unpaired) electrons. The summed E-state index contributed by atoms with van der Waals surface area (Å²) in [7, 11) is 0. The Morgan fingerprint density at radius 3 is 2.48 bits per heavy atom. The molecule has 0 aliphatic heterocycles. The quantitative estimate of drug-likeness (QED) is 0.863. The Morgan fingerprint density at radius 2 is 1.95 bits per heavy atom. The monoisotopic (exact) mass is 323 g/mol. The zero-order valence-electron chi connectivity index (χ0n) is 11.3. The first kappa shape index (κ1) is 15.4. The Kier molecular flexibility index (Phi) is 4.21. The average molecular weight is 324 g/mol. The van der Waals surface area contributed by atoms with Gasteiger partial charge in [0.25, 0.3) is 5.56 Å². The Morgan fingerprint density at radius 1 is 1.29 bits per heavy atom. The van der Waals surface area contributed by atoms with Gasteiger partial charge >= 0.3 is 5.69 Å². The SMILES string of the molecule is CC(C)c1c(Cl)[nH]c(=O)n(-c2ccc(C#N)cc2Cl)c1=O. The molecule has 1 aromatic carbocycles. The number of nitrogens with one attached hydrogen (secondary N) is 1. The highest BCUT2D eigenvalue weighted by molar-refractivity contribution is 6.32. The molecule has 1 aromatic heterocycles. The number of halogens is 2. The van der Waals surface area contributed by atoms with Crippen molar-refractivity contribution in [1.29, 1.82) is 5.26 Å². The van der Waals surface area contributed by atoms with Crippen molar-refractivity contribution in [3.8, 4) is 11.8 Å². The molecule has 7 heteroatoms. The number of nitriles is 1. The summed E-state index contributed by atoms with van der Waals surface area (Å²) < 4.78 is 0.921. The van der Waals surface area contributed by atoms with E-state index in [-0.39, 0.29) is 21.8 Å². The zero-order valence-corrected chi connectivity index (χ0v) is 12.8. The predicted octanol–water partition coefficient (Wildman–Crippen LogP) is 2.83. The summed E-state index contributed by atoms with van der Waals surface area (Å²) in [5.41, 5.74) is -0.352. The average Bonchev–Trinajstić information content (AvgIpc) is 2.39. The Hall–Kier alpha value is -2.03. The molecule has 0 bridgehead atoms. The van der Waals surface area contributed by atoms with E-state index >= 15 is 0 Å². The van der Waals surface area contributed by atoms with Crippen molar-refractivity contribution in [2.45, 2.75) is 19.8 Å². The molecule has 1 heterocycles. The van der Waals surface area contributed by atoms with E-state index in [4.69, 9.17) is 28.5 Å². The van der Waals surface area contributed by atoms with Crippen molar-refractivity contribution in [1.82, 2.24) is 9.55 Å². The van der Waals surface area contributed by atoms with Crippen molar-refractivity contribution in [3.05, 3.63) is 60.3 Å². The van der Waals surface area contributed by atoms with Crippen molar-refractivity contribution in [3.63, 3.8) is 0 Å². The number of aromatic amines is 1. The topological polar surface area (TPSA) is 78.7 Å². The molecule has 1 N–H and O–H groups in total. The van der Waals surface area contributed by atoms with Gasteiger partial charge in [0, 0.05) is 0 Å². The smallest absolute Gasteiger partial charge is 0.297 e. The van der Waals surface area contributed by atoms with Crippen molar-refractivity contribution in [2.75, 3.05) is 0 Å². The first-order valence-electron chi connectivity index (χ1n) is 6.11.